The number of hydrogen-bond acceptors (Lipinski definition) is 5. The maximum atomic E-state index is 13.5. The third-order valence-electron chi connectivity index (χ3n) is 7.34. The van der Waals surface area contributed by atoms with E-state index in [9.17, 15) is 14.7 Å². The summed E-state index contributed by atoms with van der Waals surface area (Å²) in [5.41, 5.74) is 3.23. The Morgan fingerprint density at radius 3 is 2.56 bits per heavy atom. The smallest absolute Gasteiger partial charge is 0.228 e. The molecule has 3 aromatic rings. The summed E-state index contributed by atoms with van der Waals surface area (Å²) in [6.45, 7) is 5.44. The first-order valence-corrected chi connectivity index (χ1v) is 14.5. The lowest BCUT2D eigenvalue weighted by molar-refractivity contribution is -0.134. The lowest BCUT2D eigenvalue weighted by Gasteiger charge is -2.34. The number of hydrogen-bond donors (Lipinski definition) is 2. The van der Waals surface area contributed by atoms with Crippen LogP contribution in [0.15, 0.2) is 66.7 Å². The van der Waals surface area contributed by atoms with Gasteiger partial charge in [-0.3, -0.25) is 14.5 Å². The molecule has 1 aliphatic heterocycles. The summed E-state index contributed by atoms with van der Waals surface area (Å²) in [6, 6.07) is 20.2. The standard InChI is InChI=1S/C32H37Cl2N3O4/c1-21-17-37(22(2)20-38)32(40)16-25-15-26(35-31(39)14-23-7-5-4-6-8-23)10-12-29(25)41-30(21)19-36(3)18-24-9-11-27(33)28(34)13-24/h4-13,15,21-22,30,38H,14,16-20H2,1-3H3,(H,35,39)/t21-,22+,30-/m1/s1. The molecule has 0 fully saturated rings. The Bertz CT molecular complexity index is 1350. The van der Waals surface area contributed by atoms with Crippen LogP contribution in [0.3, 0.4) is 0 Å². The first-order valence-electron chi connectivity index (χ1n) is 13.8. The van der Waals surface area contributed by atoms with Gasteiger partial charge in [-0.2, -0.15) is 0 Å². The molecule has 4 rings (SSSR count). The van der Waals surface area contributed by atoms with Crippen molar-refractivity contribution in [3.05, 3.63) is 93.5 Å². The van der Waals surface area contributed by atoms with Crippen LogP contribution in [-0.4, -0.2) is 65.6 Å². The van der Waals surface area contributed by atoms with Crippen LogP contribution in [0.1, 0.15) is 30.5 Å². The molecule has 0 saturated carbocycles. The van der Waals surface area contributed by atoms with Gasteiger partial charge in [0, 0.05) is 36.8 Å². The van der Waals surface area contributed by atoms with Crippen LogP contribution in [0.25, 0.3) is 0 Å². The molecule has 7 nitrogen and oxygen atoms in total. The number of halogens is 2. The van der Waals surface area contributed by atoms with Crippen molar-refractivity contribution in [2.24, 2.45) is 5.92 Å². The summed E-state index contributed by atoms with van der Waals surface area (Å²) in [7, 11) is 2.01. The van der Waals surface area contributed by atoms with Gasteiger partial charge in [-0.05, 0) is 55.4 Å². The van der Waals surface area contributed by atoms with Crippen LogP contribution in [0, 0.1) is 5.92 Å². The van der Waals surface area contributed by atoms with E-state index in [-0.39, 0.29) is 49.3 Å². The number of aliphatic hydroxyl groups excluding tert-OH is 1. The lowest BCUT2D eigenvalue weighted by atomic mass is 10.0. The van der Waals surface area contributed by atoms with Gasteiger partial charge in [-0.15, -0.1) is 0 Å². The fraction of sp³-hybridized carbons (Fsp3) is 0.375. The van der Waals surface area contributed by atoms with E-state index in [0.717, 1.165) is 11.1 Å². The summed E-state index contributed by atoms with van der Waals surface area (Å²) < 4.78 is 6.60. The molecule has 0 saturated heterocycles. The zero-order valence-electron chi connectivity index (χ0n) is 23.6. The van der Waals surface area contributed by atoms with Gasteiger partial charge in [0.2, 0.25) is 11.8 Å². The van der Waals surface area contributed by atoms with Crippen LogP contribution in [0.2, 0.25) is 10.0 Å². The number of nitrogens with zero attached hydrogens (tertiary/aromatic N) is 2. The van der Waals surface area contributed by atoms with Crippen molar-refractivity contribution >= 4 is 40.7 Å². The number of amides is 2. The number of nitrogens with one attached hydrogen (secondary N) is 1. The number of rotatable bonds is 9. The van der Waals surface area contributed by atoms with Gasteiger partial charge < -0.3 is 20.1 Å². The SMILES string of the molecule is C[C@@H]1CN([C@@H](C)CO)C(=O)Cc2cc(NC(=O)Cc3ccccc3)ccc2O[C@@H]1CN(C)Cc1ccc(Cl)c(Cl)c1. The van der Waals surface area contributed by atoms with E-state index >= 15 is 0 Å². The van der Waals surface area contributed by atoms with E-state index in [2.05, 4.69) is 17.1 Å². The van der Waals surface area contributed by atoms with Crippen LogP contribution in [0.4, 0.5) is 5.69 Å². The molecule has 218 valence electrons. The molecule has 2 amide bonds. The van der Waals surface area contributed by atoms with Gasteiger partial charge in [0.25, 0.3) is 0 Å². The molecule has 3 aromatic carbocycles. The first-order chi connectivity index (χ1) is 19.6. The van der Waals surface area contributed by atoms with Crippen molar-refractivity contribution in [2.45, 2.75) is 45.4 Å². The predicted octanol–water partition coefficient (Wildman–Crippen LogP) is 5.46. The lowest BCUT2D eigenvalue weighted by Crippen LogP contribution is -2.47. The number of fused-ring (bicyclic) bond motifs is 1. The summed E-state index contributed by atoms with van der Waals surface area (Å²) in [4.78, 5) is 30.1. The average molecular weight is 599 g/mol. The number of carbonyl (C=O) groups is 2. The Morgan fingerprint density at radius 1 is 1.10 bits per heavy atom. The number of benzene rings is 3. The normalized spacial score (nSPS) is 18.1. The zero-order valence-corrected chi connectivity index (χ0v) is 25.2. The molecule has 2 N–H and O–H groups in total. The van der Waals surface area contributed by atoms with Gasteiger partial charge in [0.05, 0.1) is 35.5 Å². The fourth-order valence-corrected chi connectivity index (χ4v) is 5.35. The number of aliphatic hydroxyl groups is 1. The Kier molecular flexibility index (Phi) is 10.7. The first kappa shape index (κ1) is 30.8. The molecule has 0 unspecified atom stereocenters. The van der Waals surface area contributed by atoms with Crippen molar-refractivity contribution in [3.8, 4) is 5.75 Å². The Hall–Kier alpha value is -3.10. The van der Waals surface area contributed by atoms with E-state index in [1.54, 1.807) is 17.0 Å². The molecule has 3 atom stereocenters. The van der Waals surface area contributed by atoms with E-state index < -0.39 is 0 Å². The summed E-state index contributed by atoms with van der Waals surface area (Å²) in [6.07, 6.45) is 0.0971. The average Bonchev–Trinajstić information content (AvgIpc) is 2.98. The van der Waals surface area contributed by atoms with Crippen LogP contribution < -0.4 is 10.1 Å². The quantitative estimate of drug-likeness (QED) is 0.342. The third kappa shape index (κ3) is 8.46. The third-order valence-corrected chi connectivity index (χ3v) is 8.07. The van der Waals surface area contributed by atoms with E-state index in [1.165, 1.54) is 0 Å². The molecule has 1 heterocycles. The molecule has 0 aromatic heterocycles. The minimum Gasteiger partial charge on any atom is -0.488 e. The number of likely N-dealkylation sites (N-methyl/N-ethyl adjacent to an activating group) is 1. The highest BCUT2D eigenvalue weighted by molar-refractivity contribution is 6.42. The highest BCUT2D eigenvalue weighted by Gasteiger charge is 2.31. The Labute approximate surface area is 252 Å². The maximum Gasteiger partial charge on any atom is 0.228 e. The number of carbonyl (C=O) groups excluding carboxylic acids is 2. The summed E-state index contributed by atoms with van der Waals surface area (Å²) in [5.74, 6) is 0.344. The number of ether oxygens (including phenoxy) is 1. The van der Waals surface area contributed by atoms with E-state index in [1.807, 2.05) is 68.6 Å². The van der Waals surface area contributed by atoms with Gasteiger partial charge >= 0.3 is 0 Å². The molecule has 1 aliphatic rings. The van der Waals surface area contributed by atoms with E-state index in [4.69, 9.17) is 27.9 Å². The van der Waals surface area contributed by atoms with Crippen molar-refractivity contribution in [3.63, 3.8) is 0 Å². The van der Waals surface area contributed by atoms with Crippen molar-refractivity contribution in [1.82, 2.24) is 9.80 Å². The largest absolute Gasteiger partial charge is 0.488 e. The monoisotopic (exact) mass is 597 g/mol. The predicted molar refractivity (Wildman–Crippen MR) is 164 cm³/mol. The molecule has 0 radical (unpaired) electrons. The molecular formula is C32H37Cl2N3O4. The van der Waals surface area contributed by atoms with Crippen LogP contribution >= 0.6 is 23.2 Å². The Balaban J connectivity index is 1.56. The molecule has 0 aliphatic carbocycles. The fourth-order valence-electron chi connectivity index (χ4n) is 5.03. The second-order valence-electron chi connectivity index (χ2n) is 10.9. The van der Waals surface area contributed by atoms with Crippen molar-refractivity contribution < 1.29 is 19.4 Å². The summed E-state index contributed by atoms with van der Waals surface area (Å²) >= 11 is 12.3. The second kappa shape index (κ2) is 14.2. The molecule has 0 bridgehead atoms. The molecule has 41 heavy (non-hydrogen) atoms. The van der Waals surface area contributed by atoms with Crippen molar-refractivity contribution in [2.75, 3.05) is 32.1 Å². The zero-order chi connectivity index (χ0) is 29.5. The molecule has 0 spiro atoms. The summed E-state index contributed by atoms with van der Waals surface area (Å²) in [5, 5.41) is 13.9. The maximum absolute atomic E-state index is 13.5. The molecular weight excluding hydrogens is 561 g/mol. The minimum atomic E-state index is -0.338. The Morgan fingerprint density at radius 2 is 1.85 bits per heavy atom. The van der Waals surface area contributed by atoms with E-state index in [0.29, 0.717) is 46.7 Å². The van der Waals surface area contributed by atoms with Gasteiger partial charge in [0.15, 0.2) is 0 Å². The second-order valence-corrected chi connectivity index (χ2v) is 11.7. The highest BCUT2D eigenvalue weighted by atomic mass is 35.5. The van der Waals surface area contributed by atoms with Gasteiger partial charge in [0.1, 0.15) is 11.9 Å². The van der Waals surface area contributed by atoms with Crippen LogP contribution in [0.5, 0.6) is 5.75 Å². The van der Waals surface area contributed by atoms with Gasteiger partial charge in [-0.1, -0.05) is 66.5 Å². The molecule has 9 heteroatoms. The topological polar surface area (TPSA) is 82.1 Å². The minimum absolute atomic E-state index is 0.0274. The van der Waals surface area contributed by atoms with Crippen LogP contribution in [-0.2, 0) is 29.0 Å². The number of anilines is 1. The van der Waals surface area contributed by atoms with Crippen molar-refractivity contribution in [1.29, 1.82) is 0 Å². The highest BCUT2D eigenvalue weighted by Crippen LogP contribution is 2.30. The van der Waals surface area contributed by atoms with Gasteiger partial charge in [-0.25, -0.2) is 0 Å².